The van der Waals surface area contributed by atoms with Gasteiger partial charge in [-0.15, -0.1) is 0 Å². The van der Waals surface area contributed by atoms with E-state index in [1.165, 1.54) is 14.2 Å². The van der Waals surface area contributed by atoms with Crippen LogP contribution < -0.4 is 0 Å². The number of benzene rings is 1. The molecule has 0 radical (unpaired) electrons. The molecule has 0 aliphatic carbocycles. The van der Waals surface area contributed by atoms with Crippen LogP contribution in [0.5, 0.6) is 0 Å². The van der Waals surface area contributed by atoms with E-state index in [0.29, 0.717) is 5.56 Å². The van der Waals surface area contributed by atoms with Gasteiger partial charge in [-0.1, -0.05) is 37.3 Å². The van der Waals surface area contributed by atoms with Crippen LogP contribution in [0.1, 0.15) is 5.56 Å². The second-order valence-electron chi connectivity index (χ2n) is 3.10. The summed E-state index contributed by atoms with van der Waals surface area (Å²) >= 11 is 3.28. The highest BCUT2D eigenvalue weighted by Gasteiger charge is 2.46. The third kappa shape index (κ3) is 2.56. The monoisotopic (exact) mass is 326 g/mol. The fourth-order valence-electron chi connectivity index (χ4n) is 1.21. The predicted octanol–water partition coefficient (Wildman–Crippen LogP) is 2.91. The summed E-state index contributed by atoms with van der Waals surface area (Å²) < 4.78 is 22.6. The van der Waals surface area contributed by atoms with E-state index in [9.17, 15) is 9.67 Å². The number of aliphatic hydroxyl groups is 1. The summed E-state index contributed by atoms with van der Waals surface area (Å²) in [4.78, 5) is 0. The van der Waals surface area contributed by atoms with Crippen molar-refractivity contribution in [1.82, 2.24) is 0 Å². The number of rotatable bonds is 4. The van der Waals surface area contributed by atoms with Gasteiger partial charge in [-0.05, 0) is 17.7 Å². The molecule has 0 aliphatic rings. The average Bonchev–Trinajstić information content (AvgIpc) is 2.28. The molecule has 1 aromatic carbocycles. The molecule has 2 unspecified atom stereocenters. The Hall–Kier alpha value is 0.240. The van der Waals surface area contributed by atoms with Crippen LogP contribution in [0.3, 0.4) is 0 Å². The lowest BCUT2D eigenvalue weighted by Gasteiger charge is -2.29. The van der Waals surface area contributed by atoms with Crippen LogP contribution in [0, 0.1) is 0 Å². The van der Waals surface area contributed by atoms with Gasteiger partial charge in [-0.2, -0.15) is 0 Å². The SMILES string of the molecule is COP(=O)(OC)C(O)(P)c1ccc(Br)cc1. The molecule has 0 fully saturated rings. The minimum atomic E-state index is -3.62. The van der Waals surface area contributed by atoms with E-state index in [2.05, 4.69) is 25.2 Å². The van der Waals surface area contributed by atoms with Gasteiger partial charge in [-0.3, -0.25) is 4.57 Å². The highest BCUT2D eigenvalue weighted by molar-refractivity contribution is 9.10. The van der Waals surface area contributed by atoms with Crippen molar-refractivity contribution < 1.29 is 18.7 Å². The molecule has 0 aromatic heterocycles. The van der Waals surface area contributed by atoms with Crippen LogP contribution >= 0.6 is 32.8 Å². The highest BCUT2D eigenvalue weighted by Crippen LogP contribution is 2.65. The van der Waals surface area contributed by atoms with Crippen molar-refractivity contribution in [2.24, 2.45) is 0 Å². The Bertz CT molecular complexity index is 396. The Kier molecular flexibility index (Phi) is 4.70. The lowest BCUT2D eigenvalue weighted by molar-refractivity contribution is 0.150. The summed E-state index contributed by atoms with van der Waals surface area (Å²) in [6.07, 6.45) is 0. The van der Waals surface area contributed by atoms with Gasteiger partial charge in [0.15, 0.2) is 0 Å². The lowest BCUT2D eigenvalue weighted by Crippen LogP contribution is -2.19. The first-order valence-corrected chi connectivity index (χ1v) is 7.27. The minimum absolute atomic E-state index is 0.438. The van der Waals surface area contributed by atoms with E-state index in [-0.39, 0.29) is 0 Å². The largest absolute Gasteiger partial charge is 0.370 e. The molecule has 7 heteroatoms. The molecule has 16 heavy (non-hydrogen) atoms. The van der Waals surface area contributed by atoms with E-state index in [0.717, 1.165) is 4.47 Å². The first-order chi connectivity index (χ1) is 7.37. The number of halogens is 1. The van der Waals surface area contributed by atoms with Gasteiger partial charge in [0.25, 0.3) is 0 Å². The molecule has 0 saturated heterocycles. The summed E-state index contributed by atoms with van der Waals surface area (Å²) in [5.74, 6) is 0. The number of hydrogen-bond donors (Lipinski definition) is 1. The molecule has 4 nitrogen and oxygen atoms in total. The molecule has 1 N–H and O–H groups in total. The maximum atomic E-state index is 12.1. The van der Waals surface area contributed by atoms with Gasteiger partial charge in [0.1, 0.15) is 0 Å². The second kappa shape index (κ2) is 5.26. The standard InChI is InChI=1S/C9H13BrO4P2/c1-13-16(12,14-2)9(11,15)7-3-5-8(10)6-4-7/h3-6,11H,15H2,1-2H3. The summed E-state index contributed by atoms with van der Waals surface area (Å²) in [5, 5.41) is 8.48. The van der Waals surface area contributed by atoms with E-state index in [1.54, 1.807) is 24.3 Å². The zero-order chi connectivity index (χ0) is 12.4. The summed E-state index contributed by atoms with van der Waals surface area (Å²) in [7, 11) is 0.959. The van der Waals surface area contributed by atoms with Crippen LogP contribution in [0.25, 0.3) is 0 Å². The quantitative estimate of drug-likeness (QED) is 0.864. The van der Waals surface area contributed by atoms with Crippen molar-refractivity contribution in [2.75, 3.05) is 14.2 Å². The predicted molar refractivity (Wildman–Crippen MR) is 69.4 cm³/mol. The zero-order valence-electron chi connectivity index (χ0n) is 8.88. The fourth-order valence-corrected chi connectivity index (χ4v) is 3.47. The maximum Gasteiger partial charge on any atom is 0.369 e. The van der Waals surface area contributed by atoms with Crippen LogP contribution in [-0.2, 0) is 18.7 Å². The Labute approximate surface area is 105 Å². The van der Waals surface area contributed by atoms with Crippen molar-refractivity contribution in [3.8, 4) is 0 Å². The van der Waals surface area contributed by atoms with Crippen LogP contribution in [0.4, 0.5) is 0 Å². The average molecular weight is 327 g/mol. The van der Waals surface area contributed by atoms with Crippen molar-refractivity contribution in [3.05, 3.63) is 34.3 Å². The topological polar surface area (TPSA) is 55.8 Å². The van der Waals surface area contributed by atoms with Crippen LogP contribution in [0.2, 0.25) is 0 Å². The van der Waals surface area contributed by atoms with E-state index in [4.69, 9.17) is 9.05 Å². The first-order valence-electron chi connectivity index (χ1n) is 4.36. The van der Waals surface area contributed by atoms with Crippen molar-refractivity contribution >= 4 is 32.8 Å². The van der Waals surface area contributed by atoms with Gasteiger partial charge in [0.05, 0.1) is 0 Å². The highest BCUT2D eigenvalue weighted by atomic mass is 79.9. The van der Waals surface area contributed by atoms with E-state index >= 15 is 0 Å². The van der Waals surface area contributed by atoms with Gasteiger partial charge >= 0.3 is 7.60 Å². The molecule has 0 heterocycles. The van der Waals surface area contributed by atoms with Gasteiger partial charge in [0.2, 0.25) is 5.08 Å². The van der Waals surface area contributed by atoms with Gasteiger partial charge in [0, 0.05) is 18.7 Å². The molecule has 1 aromatic rings. The van der Waals surface area contributed by atoms with Crippen molar-refractivity contribution in [2.45, 2.75) is 5.08 Å². The normalized spacial score (nSPS) is 15.8. The lowest BCUT2D eigenvalue weighted by atomic mass is 10.2. The molecular weight excluding hydrogens is 314 g/mol. The third-order valence-corrected chi connectivity index (χ3v) is 6.03. The molecule has 0 saturated carbocycles. The van der Waals surface area contributed by atoms with E-state index in [1.807, 2.05) is 0 Å². The second-order valence-corrected chi connectivity index (χ2v) is 7.74. The van der Waals surface area contributed by atoms with Crippen LogP contribution in [-0.4, -0.2) is 19.3 Å². The Morgan fingerprint density at radius 1 is 1.31 bits per heavy atom. The molecule has 1 rings (SSSR count). The Morgan fingerprint density at radius 3 is 2.12 bits per heavy atom. The smallest absolute Gasteiger partial charge is 0.369 e. The summed E-state index contributed by atoms with van der Waals surface area (Å²) in [6.45, 7) is 0. The van der Waals surface area contributed by atoms with Crippen LogP contribution in [0.15, 0.2) is 28.7 Å². The van der Waals surface area contributed by atoms with Crippen molar-refractivity contribution in [1.29, 1.82) is 0 Å². The molecule has 2 atom stereocenters. The van der Waals surface area contributed by atoms with E-state index < -0.39 is 12.7 Å². The van der Waals surface area contributed by atoms with Gasteiger partial charge < -0.3 is 14.2 Å². The third-order valence-electron chi connectivity index (χ3n) is 2.17. The zero-order valence-corrected chi connectivity index (χ0v) is 12.5. The molecule has 90 valence electrons. The minimum Gasteiger partial charge on any atom is -0.370 e. The molecule has 0 amide bonds. The molecule has 0 aliphatic heterocycles. The molecular formula is C9H13BrO4P2. The molecule has 0 spiro atoms. The Morgan fingerprint density at radius 2 is 1.75 bits per heavy atom. The molecule has 0 bridgehead atoms. The Balaban J connectivity index is 3.19. The fraction of sp³-hybridized carbons (Fsp3) is 0.333. The van der Waals surface area contributed by atoms with Gasteiger partial charge in [-0.25, -0.2) is 0 Å². The summed E-state index contributed by atoms with van der Waals surface area (Å²) in [5.41, 5.74) is 0.438. The number of hydrogen-bond acceptors (Lipinski definition) is 4. The van der Waals surface area contributed by atoms with Crippen molar-refractivity contribution in [3.63, 3.8) is 0 Å². The summed E-state index contributed by atoms with van der Waals surface area (Å²) in [6, 6.07) is 6.75. The maximum absolute atomic E-state index is 12.1. The first kappa shape index (κ1) is 14.3.